The van der Waals surface area contributed by atoms with Crippen LogP contribution in [0.4, 0.5) is 0 Å². The lowest BCUT2D eigenvalue weighted by Crippen LogP contribution is -2.36. The van der Waals surface area contributed by atoms with Crippen LogP contribution in [0.15, 0.2) is 12.1 Å². The molecule has 1 N–H and O–H groups in total. The first-order valence-electron chi connectivity index (χ1n) is 7.46. The van der Waals surface area contributed by atoms with Crippen LogP contribution in [0.5, 0.6) is 5.75 Å². The second-order valence-electron chi connectivity index (χ2n) is 5.83. The van der Waals surface area contributed by atoms with E-state index in [1.807, 2.05) is 13.0 Å². The molecule has 1 unspecified atom stereocenters. The molecular weight excluding hydrogens is 236 g/mol. The molecule has 0 radical (unpaired) electrons. The Kier molecular flexibility index (Phi) is 4.81. The summed E-state index contributed by atoms with van der Waals surface area (Å²) in [6, 6.07) is 4.82. The van der Waals surface area contributed by atoms with Gasteiger partial charge in [0.05, 0.1) is 5.69 Å². The Hall–Kier alpha value is -1.09. The van der Waals surface area contributed by atoms with E-state index in [9.17, 15) is 0 Å². The number of hydrogen-bond acceptors (Lipinski definition) is 3. The van der Waals surface area contributed by atoms with E-state index < -0.39 is 0 Å². The van der Waals surface area contributed by atoms with Crippen molar-refractivity contribution >= 4 is 0 Å². The summed E-state index contributed by atoms with van der Waals surface area (Å²) in [5.74, 6) is 1.45. The lowest BCUT2D eigenvalue weighted by atomic mass is 10.1. The number of nitrogens with one attached hydrogen (secondary N) is 1. The maximum absolute atomic E-state index is 6.21. The largest absolute Gasteiger partial charge is 0.487 e. The maximum atomic E-state index is 6.21. The van der Waals surface area contributed by atoms with E-state index in [0.29, 0.717) is 5.92 Å². The third-order valence-corrected chi connectivity index (χ3v) is 3.61. The van der Waals surface area contributed by atoms with E-state index in [1.165, 1.54) is 12.8 Å². The fraction of sp³-hybridized carbons (Fsp3) is 0.688. The quantitative estimate of drug-likeness (QED) is 0.820. The van der Waals surface area contributed by atoms with Crippen molar-refractivity contribution in [2.75, 3.05) is 6.54 Å². The molecule has 1 aliphatic carbocycles. The van der Waals surface area contributed by atoms with Gasteiger partial charge < -0.3 is 10.1 Å². The number of aromatic nitrogens is 1. The van der Waals surface area contributed by atoms with E-state index in [-0.39, 0.29) is 6.10 Å². The van der Waals surface area contributed by atoms with Crippen LogP contribution in [-0.2, 0) is 6.42 Å². The van der Waals surface area contributed by atoms with Crippen LogP contribution in [0.1, 0.15) is 45.0 Å². The first kappa shape index (κ1) is 14.3. The third-order valence-electron chi connectivity index (χ3n) is 3.61. The van der Waals surface area contributed by atoms with E-state index in [0.717, 1.165) is 36.1 Å². The van der Waals surface area contributed by atoms with Crippen LogP contribution >= 0.6 is 0 Å². The molecule has 0 spiro atoms. The van der Waals surface area contributed by atoms with Gasteiger partial charge in [0, 0.05) is 18.3 Å². The molecule has 1 aromatic rings. The number of ether oxygens (including phenoxy) is 1. The molecule has 106 valence electrons. The van der Waals surface area contributed by atoms with Gasteiger partial charge in [-0.1, -0.05) is 20.8 Å². The minimum Gasteiger partial charge on any atom is -0.487 e. The highest BCUT2D eigenvalue weighted by Gasteiger charge is 2.24. The van der Waals surface area contributed by atoms with Crippen molar-refractivity contribution in [2.45, 2.75) is 59.1 Å². The van der Waals surface area contributed by atoms with Crippen molar-refractivity contribution in [3.05, 3.63) is 23.5 Å². The van der Waals surface area contributed by atoms with Gasteiger partial charge in [0.1, 0.15) is 11.9 Å². The minimum atomic E-state index is 0.218. The average Bonchev–Trinajstić information content (AvgIpc) is 3.19. The summed E-state index contributed by atoms with van der Waals surface area (Å²) in [5, 5.41) is 3.56. The molecule has 19 heavy (non-hydrogen) atoms. The van der Waals surface area contributed by atoms with Crippen molar-refractivity contribution in [2.24, 2.45) is 5.92 Å². The monoisotopic (exact) mass is 262 g/mol. The molecule has 0 aliphatic heterocycles. The predicted octanol–water partition coefficient (Wildman–Crippen LogP) is 3.11. The van der Waals surface area contributed by atoms with Gasteiger partial charge in [-0.05, 0) is 44.2 Å². The number of aryl methyl sites for hydroxylation is 2. The summed E-state index contributed by atoms with van der Waals surface area (Å²) in [6.07, 6.45) is 3.77. The first-order chi connectivity index (χ1) is 9.10. The van der Waals surface area contributed by atoms with E-state index in [1.54, 1.807) is 0 Å². The Morgan fingerprint density at radius 2 is 2.11 bits per heavy atom. The highest BCUT2D eigenvalue weighted by molar-refractivity contribution is 5.29. The fourth-order valence-corrected chi connectivity index (χ4v) is 2.11. The smallest absolute Gasteiger partial charge is 0.141 e. The second kappa shape index (κ2) is 6.38. The average molecular weight is 262 g/mol. The maximum Gasteiger partial charge on any atom is 0.141 e. The lowest BCUT2D eigenvalue weighted by molar-refractivity contribution is 0.146. The van der Waals surface area contributed by atoms with Gasteiger partial charge in [0.15, 0.2) is 0 Å². The van der Waals surface area contributed by atoms with Crippen molar-refractivity contribution < 1.29 is 4.74 Å². The van der Waals surface area contributed by atoms with Crippen molar-refractivity contribution in [3.8, 4) is 5.75 Å². The summed E-state index contributed by atoms with van der Waals surface area (Å²) in [6.45, 7) is 9.51. The van der Waals surface area contributed by atoms with Gasteiger partial charge in [-0.3, -0.25) is 4.98 Å². The Bertz CT molecular complexity index is 413. The topological polar surface area (TPSA) is 34.1 Å². The van der Waals surface area contributed by atoms with Crippen LogP contribution in [0.2, 0.25) is 0 Å². The summed E-state index contributed by atoms with van der Waals surface area (Å²) < 4.78 is 6.21. The number of rotatable bonds is 7. The zero-order valence-corrected chi connectivity index (χ0v) is 12.6. The lowest BCUT2D eigenvalue weighted by Gasteiger charge is -2.24. The van der Waals surface area contributed by atoms with E-state index >= 15 is 0 Å². The zero-order valence-electron chi connectivity index (χ0n) is 12.6. The van der Waals surface area contributed by atoms with Crippen LogP contribution in [0, 0.1) is 12.8 Å². The van der Waals surface area contributed by atoms with E-state index in [2.05, 4.69) is 37.1 Å². The number of nitrogens with zero attached hydrogens (tertiary/aromatic N) is 1. The fourth-order valence-electron chi connectivity index (χ4n) is 2.11. The summed E-state index contributed by atoms with van der Waals surface area (Å²) in [5.41, 5.74) is 2.12. The molecule has 0 amide bonds. The molecular formula is C16H26N2O. The number of pyridine rings is 1. The highest BCUT2D eigenvalue weighted by Crippen LogP contribution is 2.23. The van der Waals surface area contributed by atoms with E-state index in [4.69, 9.17) is 4.74 Å². The summed E-state index contributed by atoms with van der Waals surface area (Å²) in [4.78, 5) is 4.57. The number of hydrogen-bond donors (Lipinski definition) is 1. The van der Waals surface area contributed by atoms with Gasteiger partial charge >= 0.3 is 0 Å². The van der Waals surface area contributed by atoms with Crippen LogP contribution in [0.25, 0.3) is 0 Å². The van der Waals surface area contributed by atoms with Crippen molar-refractivity contribution in [1.82, 2.24) is 10.3 Å². The standard InChI is InChI=1S/C16H26N2O/c1-5-14-15(9-6-12(4)18-14)19-16(11(2)3)10-17-13-7-8-13/h6,9,11,13,16-17H,5,7-8,10H2,1-4H3. The van der Waals surface area contributed by atoms with Crippen molar-refractivity contribution in [3.63, 3.8) is 0 Å². The highest BCUT2D eigenvalue weighted by atomic mass is 16.5. The molecule has 0 saturated heterocycles. The van der Waals surface area contributed by atoms with Gasteiger partial charge in [-0.15, -0.1) is 0 Å². The Morgan fingerprint density at radius 3 is 2.68 bits per heavy atom. The third kappa shape index (κ3) is 4.20. The molecule has 3 heteroatoms. The molecule has 1 aliphatic rings. The SMILES string of the molecule is CCc1nc(C)ccc1OC(CNC1CC1)C(C)C. The van der Waals surface area contributed by atoms with Gasteiger partial charge in [-0.2, -0.15) is 0 Å². The normalized spacial score (nSPS) is 16.7. The second-order valence-corrected chi connectivity index (χ2v) is 5.83. The molecule has 0 aromatic carbocycles. The molecule has 1 fully saturated rings. The minimum absolute atomic E-state index is 0.218. The molecule has 1 aromatic heterocycles. The van der Waals surface area contributed by atoms with Gasteiger partial charge in [0.25, 0.3) is 0 Å². The Labute approximate surface area is 116 Å². The molecule has 1 atom stereocenters. The molecule has 3 nitrogen and oxygen atoms in total. The van der Waals surface area contributed by atoms with Gasteiger partial charge in [0.2, 0.25) is 0 Å². The van der Waals surface area contributed by atoms with Crippen molar-refractivity contribution in [1.29, 1.82) is 0 Å². The zero-order chi connectivity index (χ0) is 13.8. The van der Waals surface area contributed by atoms with Crippen LogP contribution < -0.4 is 10.1 Å². The molecule has 2 rings (SSSR count). The molecule has 1 saturated carbocycles. The summed E-state index contributed by atoms with van der Waals surface area (Å²) >= 11 is 0. The first-order valence-corrected chi connectivity index (χ1v) is 7.46. The molecule has 0 bridgehead atoms. The Balaban J connectivity index is 2.02. The Morgan fingerprint density at radius 1 is 1.37 bits per heavy atom. The van der Waals surface area contributed by atoms with Crippen LogP contribution in [0.3, 0.4) is 0 Å². The predicted molar refractivity (Wildman–Crippen MR) is 78.6 cm³/mol. The molecule has 1 heterocycles. The van der Waals surface area contributed by atoms with Gasteiger partial charge in [-0.25, -0.2) is 0 Å². The summed E-state index contributed by atoms with van der Waals surface area (Å²) in [7, 11) is 0. The van der Waals surface area contributed by atoms with Crippen LogP contribution in [-0.4, -0.2) is 23.7 Å².